The zero-order chi connectivity index (χ0) is 24.9. The number of rotatable bonds is 9. The molecule has 0 unspecified atom stereocenters. The average Bonchev–Trinajstić information content (AvgIpc) is 3.31. The third kappa shape index (κ3) is 5.73. The van der Waals surface area contributed by atoms with Crippen molar-refractivity contribution in [2.75, 3.05) is 11.9 Å². The molecule has 0 saturated carbocycles. The zero-order valence-electron chi connectivity index (χ0n) is 21.2. The number of aryl methyl sites for hydroxylation is 1. The summed E-state index contributed by atoms with van der Waals surface area (Å²) in [4.78, 5) is 17.3. The van der Waals surface area contributed by atoms with E-state index in [2.05, 4.69) is 57.3 Å². The third-order valence-electron chi connectivity index (χ3n) is 6.78. The highest BCUT2D eigenvalue weighted by atomic mass is 16.5. The topological polar surface area (TPSA) is 64.4 Å². The number of nitrogens with one attached hydrogen (secondary N) is 1. The van der Waals surface area contributed by atoms with Gasteiger partial charge in [-0.2, -0.15) is 0 Å². The molecule has 1 aromatic heterocycles. The number of hydrogen-bond donors (Lipinski definition) is 1. The van der Waals surface area contributed by atoms with Gasteiger partial charge in [0.25, 0.3) is 5.91 Å². The van der Waals surface area contributed by atoms with Crippen LogP contribution in [0.4, 0.5) is 5.69 Å². The Morgan fingerprint density at radius 1 is 0.943 bits per heavy atom. The monoisotopic (exact) mass is 470 g/mol. The number of ether oxygens (including phenoxy) is 1. The smallest absolute Gasteiger partial charge is 0.262 e. The van der Waals surface area contributed by atoms with Gasteiger partial charge in [-0.25, -0.2) is 4.98 Å². The molecule has 0 radical (unpaired) electrons. The Hall–Kier alpha value is -3.60. The molecule has 0 saturated heterocycles. The summed E-state index contributed by atoms with van der Waals surface area (Å²) in [6, 6.07) is 19.9. The van der Waals surface area contributed by atoms with Gasteiger partial charge in [-0.05, 0) is 84.7 Å². The molecule has 1 amide bonds. The van der Waals surface area contributed by atoms with Crippen LogP contribution < -0.4 is 10.1 Å². The van der Waals surface area contributed by atoms with Crippen LogP contribution >= 0.6 is 0 Å². The van der Waals surface area contributed by atoms with E-state index in [1.807, 2.05) is 43.3 Å². The maximum atomic E-state index is 12.6. The molecule has 0 fully saturated rings. The Balaban J connectivity index is 1.45. The van der Waals surface area contributed by atoms with Gasteiger partial charge < -0.3 is 14.5 Å². The first-order chi connectivity index (χ1) is 16.9. The Morgan fingerprint density at radius 3 is 2.34 bits per heavy atom. The van der Waals surface area contributed by atoms with Crippen LogP contribution in [0.1, 0.15) is 69.1 Å². The summed E-state index contributed by atoms with van der Waals surface area (Å²) in [6.07, 6.45) is 2.16. The van der Waals surface area contributed by atoms with Crippen molar-refractivity contribution in [1.29, 1.82) is 0 Å². The number of oxazole rings is 1. The maximum absolute atomic E-state index is 12.6. The fourth-order valence-electron chi connectivity index (χ4n) is 3.96. The average molecular weight is 471 g/mol. The van der Waals surface area contributed by atoms with Gasteiger partial charge in [0, 0.05) is 11.3 Å². The number of fused-ring (bicyclic) bond motifs is 1. The molecule has 5 heteroatoms. The van der Waals surface area contributed by atoms with E-state index in [0.717, 1.165) is 35.1 Å². The minimum absolute atomic E-state index is 0.0619. The Bertz CT molecular complexity index is 1310. The van der Waals surface area contributed by atoms with Crippen molar-refractivity contribution in [3.8, 4) is 17.2 Å². The van der Waals surface area contributed by atoms with E-state index >= 15 is 0 Å². The number of benzene rings is 3. The van der Waals surface area contributed by atoms with Gasteiger partial charge in [0.1, 0.15) is 11.3 Å². The molecule has 0 aliphatic rings. The minimum atomic E-state index is -0.216. The molecule has 0 bridgehead atoms. The van der Waals surface area contributed by atoms with Crippen LogP contribution in [0.15, 0.2) is 65.1 Å². The van der Waals surface area contributed by atoms with Crippen molar-refractivity contribution in [3.05, 3.63) is 77.4 Å². The minimum Gasteiger partial charge on any atom is -0.484 e. The summed E-state index contributed by atoms with van der Waals surface area (Å²) in [5.74, 6) is 1.98. The predicted molar refractivity (Wildman–Crippen MR) is 142 cm³/mol. The lowest BCUT2D eigenvalue weighted by Crippen LogP contribution is -2.20. The van der Waals surface area contributed by atoms with Crippen LogP contribution in [0.25, 0.3) is 22.6 Å². The summed E-state index contributed by atoms with van der Waals surface area (Å²) >= 11 is 0. The molecule has 3 aromatic carbocycles. The second-order valence-electron chi connectivity index (χ2n) is 9.30. The standard InChI is InChI=1S/C30H34N2O3/c1-6-19(3)22-10-13-25(14-11-22)34-18-29(33)31-26-17-24(9-8-21(26)5)30-32-27-16-23(20(4)7-2)12-15-28(27)35-30/h8-17,19-20H,6-7,18H2,1-5H3,(H,31,33)/t19-,20-/m1/s1. The number of amides is 1. The first kappa shape index (κ1) is 24.5. The Kier molecular flexibility index (Phi) is 7.54. The molecular weight excluding hydrogens is 436 g/mol. The number of hydrogen-bond acceptors (Lipinski definition) is 4. The van der Waals surface area contributed by atoms with Crippen molar-refractivity contribution >= 4 is 22.7 Å². The van der Waals surface area contributed by atoms with Gasteiger partial charge in [-0.15, -0.1) is 0 Å². The lowest BCUT2D eigenvalue weighted by atomic mass is 9.98. The van der Waals surface area contributed by atoms with Crippen LogP contribution in [0, 0.1) is 6.92 Å². The van der Waals surface area contributed by atoms with E-state index in [1.165, 1.54) is 11.1 Å². The van der Waals surface area contributed by atoms with Gasteiger partial charge in [-0.1, -0.05) is 52.0 Å². The van der Waals surface area contributed by atoms with Gasteiger partial charge in [0.15, 0.2) is 12.2 Å². The fraction of sp³-hybridized carbons (Fsp3) is 0.333. The molecule has 4 aromatic rings. The number of carbonyl (C=O) groups is 1. The van der Waals surface area contributed by atoms with E-state index in [9.17, 15) is 4.79 Å². The van der Waals surface area contributed by atoms with Crippen LogP contribution in [-0.2, 0) is 4.79 Å². The summed E-state index contributed by atoms with van der Waals surface area (Å²) in [5.41, 5.74) is 6.61. The fourth-order valence-corrected chi connectivity index (χ4v) is 3.96. The Morgan fingerprint density at radius 2 is 1.63 bits per heavy atom. The summed E-state index contributed by atoms with van der Waals surface area (Å²) in [7, 11) is 0. The van der Waals surface area contributed by atoms with Crippen molar-refractivity contribution in [3.63, 3.8) is 0 Å². The van der Waals surface area contributed by atoms with E-state index in [0.29, 0.717) is 29.2 Å². The lowest BCUT2D eigenvalue weighted by Gasteiger charge is -2.12. The van der Waals surface area contributed by atoms with Gasteiger partial charge in [0.05, 0.1) is 0 Å². The van der Waals surface area contributed by atoms with E-state index in [4.69, 9.17) is 14.1 Å². The number of nitrogens with zero attached hydrogens (tertiary/aromatic N) is 1. The van der Waals surface area contributed by atoms with Crippen LogP contribution in [0.3, 0.4) is 0 Å². The largest absolute Gasteiger partial charge is 0.484 e. The lowest BCUT2D eigenvalue weighted by molar-refractivity contribution is -0.118. The van der Waals surface area contributed by atoms with Crippen LogP contribution in [-0.4, -0.2) is 17.5 Å². The number of carbonyl (C=O) groups excluding carboxylic acids is 1. The SMILES string of the molecule is CC[C@@H](C)c1ccc(OCC(=O)Nc2cc(-c3nc4cc([C@H](C)CC)ccc4o3)ccc2C)cc1. The van der Waals surface area contributed by atoms with Crippen molar-refractivity contribution in [2.45, 2.75) is 59.3 Å². The van der Waals surface area contributed by atoms with Crippen LogP contribution in [0.5, 0.6) is 5.75 Å². The molecule has 182 valence electrons. The van der Waals surface area contributed by atoms with Crippen molar-refractivity contribution in [2.24, 2.45) is 0 Å². The second kappa shape index (κ2) is 10.8. The predicted octanol–water partition coefficient (Wildman–Crippen LogP) is 7.85. The molecule has 5 nitrogen and oxygen atoms in total. The third-order valence-corrected chi connectivity index (χ3v) is 6.78. The van der Waals surface area contributed by atoms with Crippen molar-refractivity contribution < 1.29 is 13.9 Å². The molecule has 0 aliphatic heterocycles. The molecule has 1 N–H and O–H groups in total. The first-order valence-electron chi connectivity index (χ1n) is 12.4. The summed E-state index contributed by atoms with van der Waals surface area (Å²) in [6.45, 7) is 10.7. The second-order valence-corrected chi connectivity index (χ2v) is 9.30. The van der Waals surface area contributed by atoms with E-state index in [-0.39, 0.29) is 12.5 Å². The molecule has 0 spiro atoms. The van der Waals surface area contributed by atoms with E-state index in [1.54, 1.807) is 0 Å². The quantitative estimate of drug-likeness (QED) is 0.270. The van der Waals surface area contributed by atoms with Gasteiger partial charge in [0.2, 0.25) is 5.89 Å². The molecular formula is C30H34N2O3. The highest BCUT2D eigenvalue weighted by Crippen LogP contribution is 2.30. The van der Waals surface area contributed by atoms with Crippen molar-refractivity contribution in [1.82, 2.24) is 4.98 Å². The Labute approximate surface area is 207 Å². The number of aromatic nitrogens is 1. The first-order valence-corrected chi connectivity index (χ1v) is 12.4. The highest BCUT2D eigenvalue weighted by molar-refractivity contribution is 5.93. The summed E-state index contributed by atoms with van der Waals surface area (Å²) in [5, 5.41) is 2.96. The van der Waals surface area contributed by atoms with Gasteiger partial charge in [-0.3, -0.25) is 4.79 Å². The molecule has 35 heavy (non-hydrogen) atoms. The van der Waals surface area contributed by atoms with Gasteiger partial charge >= 0.3 is 0 Å². The van der Waals surface area contributed by atoms with Crippen LogP contribution in [0.2, 0.25) is 0 Å². The molecule has 0 aliphatic carbocycles. The summed E-state index contributed by atoms with van der Waals surface area (Å²) < 4.78 is 11.7. The maximum Gasteiger partial charge on any atom is 0.262 e. The molecule has 1 heterocycles. The zero-order valence-corrected chi connectivity index (χ0v) is 21.2. The normalized spacial score (nSPS) is 12.9. The molecule has 4 rings (SSSR count). The van der Waals surface area contributed by atoms with E-state index < -0.39 is 0 Å². The highest BCUT2D eigenvalue weighted by Gasteiger charge is 2.14. The number of anilines is 1. The molecule has 2 atom stereocenters.